The van der Waals surface area contributed by atoms with Crippen LogP contribution in [-0.2, 0) is 6.54 Å². The molecule has 0 saturated carbocycles. The summed E-state index contributed by atoms with van der Waals surface area (Å²) in [5, 5.41) is 0. The van der Waals surface area contributed by atoms with Gasteiger partial charge in [0.2, 0.25) is 0 Å². The predicted octanol–water partition coefficient (Wildman–Crippen LogP) is 2.18. The first-order chi connectivity index (χ1) is 9.36. The predicted molar refractivity (Wildman–Crippen MR) is 69.6 cm³/mol. The highest BCUT2D eigenvalue weighted by atomic mass is 19.4. The van der Waals surface area contributed by atoms with Crippen LogP contribution in [-0.4, -0.2) is 55.0 Å². The monoisotopic (exact) mass is 286 g/mol. The molecule has 0 amide bonds. The average molecular weight is 286 g/mol. The van der Waals surface area contributed by atoms with Crippen LogP contribution in [0.2, 0.25) is 0 Å². The van der Waals surface area contributed by atoms with Gasteiger partial charge in [0.05, 0.1) is 0 Å². The summed E-state index contributed by atoms with van der Waals surface area (Å²) in [5.74, 6) is -1.78. The zero-order valence-corrected chi connectivity index (χ0v) is 11.3. The van der Waals surface area contributed by atoms with Crippen molar-refractivity contribution in [2.75, 3.05) is 33.2 Å². The van der Waals surface area contributed by atoms with Crippen LogP contribution >= 0.6 is 0 Å². The number of nitrogens with zero attached hydrogens (tertiary/aromatic N) is 2. The van der Waals surface area contributed by atoms with Crippen LogP contribution in [0.3, 0.4) is 0 Å². The minimum Gasteiger partial charge on any atom is -0.304 e. The van der Waals surface area contributed by atoms with Gasteiger partial charge in [-0.05, 0) is 18.7 Å². The van der Waals surface area contributed by atoms with Crippen molar-refractivity contribution in [1.29, 1.82) is 0 Å². The number of carbonyl (C=O) groups is 1. The Morgan fingerprint density at radius 3 is 2.45 bits per heavy atom. The molecule has 1 aliphatic heterocycles. The SMILES string of the molecule is CN1CCN(Cc2cccc(C(=O)C(F)(F)F)c2)CC1. The van der Waals surface area contributed by atoms with Gasteiger partial charge >= 0.3 is 6.18 Å². The number of benzene rings is 1. The van der Waals surface area contributed by atoms with Crippen LogP contribution in [0.1, 0.15) is 15.9 Å². The van der Waals surface area contributed by atoms with Crippen LogP contribution < -0.4 is 0 Å². The molecular weight excluding hydrogens is 269 g/mol. The maximum Gasteiger partial charge on any atom is 0.454 e. The van der Waals surface area contributed by atoms with Gasteiger partial charge in [-0.2, -0.15) is 13.2 Å². The second-order valence-electron chi connectivity index (χ2n) is 5.11. The quantitative estimate of drug-likeness (QED) is 0.796. The average Bonchev–Trinajstić information content (AvgIpc) is 2.40. The van der Waals surface area contributed by atoms with Crippen molar-refractivity contribution in [3.8, 4) is 0 Å². The summed E-state index contributed by atoms with van der Waals surface area (Å²) in [6.07, 6.45) is -4.81. The highest BCUT2D eigenvalue weighted by molar-refractivity contribution is 6.00. The highest BCUT2D eigenvalue weighted by Crippen LogP contribution is 2.22. The van der Waals surface area contributed by atoms with Crippen molar-refractivity contribution >= 4 is 5.78 Å². The molecule has 0 aliphatic carbocycles. The molecule has 0 unspecified atom stereocenters. The molecule has 6 heteroatoms. The lowest BCUT2D eigenvalue weighted by Crippen LogP contribution is -2.43. The summed E-state index contributed by atoms with van der Waals surface area (Å²) in [6.45, 7) is 4.23. The number of likely N-dealkylation sites (N-methyl/N-ethyl adjacent to an activating group) is 1. The Kier molecular flexibility index (Phi) is 4.45. The summed E-state index contributed by atoms with van der Waals surface area (Å²) in [5.41, 5.74) is 0.453. The lowest BCUT2D eigenvalue weighted by atomic mass is 10.1. The maximum atomic E-state index is 12.4. The normalized spacial score (nSPS) is 18.2. The number of alkyl halides is 3. The van der Waals surface area contributed by atoms with E-state index in [1.54, 1.807) is 6.07 Å². The molecule has 2 rings (SSSR count). The fraction of sp³-hybridized carbons (Fsp3) is 0.500. The first kappa shape index (κ1) is 15.0. The van der Waals surface area contributed by atoms with E-state index in [4.69, 9.17) is 0 Å². The van der Waals surface area contributed by atoms with Gasteiger partial charge in [0.1, 0.15) is 0 Å². The van der Waals surface area contributed by atoms with Gasteiger partial charge in [0, 0.05) is 38.3 Å². The van der Waals surface area contributed by atoms with Crippen LogP contribution in [0.15, 0.2) is 24.3 Å². The van der Waals surface area contributed by atoms with E-state index >= 15 is 0 Å². The number of rotatable bonds is 3. The minimum absolute atomic E-state index is 0.288. The molecule has 1 aromatic carbocycles. The van der Waals surface area contributed by atoms with Crippen molar-refractivity contribution in [1.82, 2.24) is 9.80 Å². The zero-order valence-electron chi connectivity index (χ0n) is 11.3. The second kappa shape index (κ2) is 5.93. The number of hydrogen-bond donors (Lipinski definition) is 0. The van der Waals surface area contributed by atoms with Crippen molar-refractivity contribution in [3.05, 3.63) is 35.4 Å². The van der Waals surface area contributed by atoms with Crippen molar-refractivity contribution in [2.24, 2.45) is 0 Å². The molecule has 0 radical (unpaired) electrons. The molecule has 110 valence electrons. The van der Waals surface area contributed by atoms with Gasteiger partial charge in [0.25, 0.3) is 5.78 Å². The van der Waals surface area contributed by atoms with Crippen molar-refractivity contribution < 1.29 is 18.0 Å². The summed E-state index contributed by atoms with van der Waals surface area (Å²) in [6, 6.07) is 5.81. The third-order valence-corrected chi connectivity index (χ3v) is 3.45. The largest absolute Gasteiger partial charge is 0.454 e. The fourth-order valence-electron chi connectivity index (χ4n) is 2.24. The van der Waals surface area contributed by atoms with E-state index in [1.165, 1.54) is 18.2 Å². The van der Waals surface area contributed by atoms with E-state index in [0.29, 0.717) is 6.54 Å². The van der Waals surface area contributed by atoms with E-state index in [9.17, 15) is 18.0 Å². The first-order valence-corrected chi connectivity index (χ1v) is 6.47. The van der Waals surface area contributed by atoms with E-state index < -0.39 is 12.0 Å². The Balaban J connectivity index is 2.05. The second-order valence-corrected chi connectivity index (χ2v) is 5.11. The van der Waals surface area contributed by atoms with Crippen molar-refractivity contribution in [2.45, 2.75) is 12.7 Å². The molecule has 3 nitrogen and oxygen atoms in total. The molecule has 1 fully saturated rings. The number of ketones is 1. The lowest BCUT2D eigenvalue weighted by molar-refractivity contribution is -0.0885. The summed E-state index contributed by atoms with van der Waals surface area (Å²) < 4.78 is 37.2. The molecule has 1 aromatic rings. The van der Waals surface area contributed by atoms with Gasteiger partial charge in [0.15, 0.2) is 0 Å². The smallest absolute Gasteiger partial charge is 0.304 e. The molecular formula is C14H17F3N2O. The summed E-state index contributed by atoms with van der Waals surface area (Å²) in [4.78, 5) is 15.6. The molecule has 0 bridgehead atoms. The zero-order chi connectivity index (χ0) is 14.8. The van der Waals surface area contributed by atoms with Crippen LogP contribution in [0.5, 0.6) is 0 Å². The third kappa shape index (κ3) is 3.80. The third-order valence-electron chi connectivity index (χ3n) is 3.45. The molecule has 1 aliphatic rings. The van der Waals surface area contributed by atoms with E-state index in [1.807, 2.05) is 7.05 Å². The Morgan fingerprint density at radius 2 is 1.85 bits per heavy atom. The molecule has 0 atom stereocenters. The summed E-state index contributed by atoms with van der Waals surface area (Å²) in [7, 11) is 2.04. The van der Waals surface area contributed by atoms with Gasteiger partial charge in [-0.15, -0.1) is 0 Å². The Bertz CT molecular complexity index is 480. The number of carbonyl (C=O) groups excluding carboxylic acids is 1. The van der Waals surface area contributed by atoms with Crippen LogP contribution in [0.4, 0.5) is 13.2 Å². The maximum absolute atomic E-state index is 12.4. The first-order valence-electron chi connectivity index (χ1n) is 6.47. The highest BCUT2D eigenvalue weighted by Gasteiger charge is 2.39. The Hall–Kier alpha value is -1.40. The van der Waals surface area contributed by atoms with Gasteiger partial charge < -0.3 is 4.90 Å². The number of piperazine rings is 1. The van der Waals surface area contributed by atoms with Crippen LogP contribution in [0.25, 0.3) is 0 Å². The lowest BCUT2D eigenvalue weighted by Gasteiger charge is -2.32. The fourth-order valence-corrected chi connectivity index (χ4v) is 2.24. The molecule has 1 saturated heterocycles. The molecule has 1 heterocycles. The Morgan fingerprint density at radius 1 is 1.20 bits per heavy atom. The minimum atomic E-state index is -4.81. The van der Waals surface area contributed by atoms with Crippen molar-refractivity contribution in [3.63, 3.8) is 0 Å². The van der Waals surface area contributed by atoms with E-state index in [-0.39, 0.29) is 5.56 Å². The van der Waals surface area contributed by atoms with Gasteiger partial charge in [-0.25, -0.2) is 0 Å². The topological polar surface area (TPSA) is 23.6 Å². The standard InChI is InChI=1S/C14H17F3N2O/c1-18-5-7-19(8-6-18)10-11-3-2-4-12(9-11)13(20)14(15,16)17/h2-4,9H,5-8,10H2,1H3. The van der Waals surface area contributed by atoms with Gasteiger partial charge in [-0.3, -0.25) is 9.69 Å². The molecule has 0 N–H and O–H groups in total. The molecule has 0 spiro atoms. The number of Topliss-reactive ketones (excluding diaryl/α,β-unsaturated/α-hetero) is 1. The molecule has 0 aromatic heterocycles. The van der Waals surface area contributed by atoms with E-state index in [0.717, 1.165) is 31.7 Å². The Labute approximate surface area is 116 Å². The van der Waals surface area contributed by atoms with Crippen LogP contribution in [0, 0.1) is 0 Å². The number of halogens is 3. The number of hydrogen-bond acceptors (Lipinski definition) is 3. The van der Waals surface area contributed by atoms with Gasteiger partial charge in [-0.1, -0.05) is 18.2 Å². The summed E-state index contributed by atoms with van der Waals surface area (Å²) >= 11 is 0. The molecule has 20 heavy (non-hydrogen) atoms. The van der Waals surface area contributed by atoms with E-state index in [2.05, 4.69) is 9.80 Å².